The molecule has 1 saturated carbocycles. The fourth-order valence-corrected chi connectivity index (χ4v) is 2.23. The molecule has 0 amide bonds. The van der Waals surface area contributed by atoms with Crippen molar-refractivity contribution in [3.8, 4) is 17.7 Å². The summed E-state index contributed by atoms with van der Waals surface area (Å²) in [5, 5.41) is 12.9. The molecule has 0 radical (unpaired) electrons. The minimum absolute atomic E-state index is 0.285. The average Bonchev–Trinajstić information content (AvgIpc) is 2.74. The van der Waals surface area contributed by atoms with Gasteiger partial charge in [0.2, 0.25) is 0 Å². The lowest BCUT2D eigenvalue weighted by Crippen LogP contribution is -1.93. The van der Waals surface area contributed by atoms with Crippen molar-refractivity contribution in [3.05, 3.63) is 23.7 Å². The fraction of sp³-hybridized carbons (Fsp3) is 0.462. The van der Waals surface area contributed by atoms with Crippen LogP contribution in [0.5, 0.6) is 0 Å². The second kappa shape index (κ2) is 3.45. The number of aromatic nitrogens is 3. The van der Waals surface area contributed by atoms with Gasteiger partial charge in [0, 0.05) is 19.2 Å². The zero-order valence-corrected chi connectivity index (χ0v) is 10.6. The van der Waals surface area contributed by atoms with Crippen molar-refractivity contribution in [3.63, 3.8) is 0 Å². The van der Waals surface area contributed by atoms with Crippen molar-refractivity contribution in [2.75, 3.05) is 0 Å². The molecule has 2 aromatic rings. The molecule has 2 heterocycles. The quantitative estimate of drug-likeness (QED) is 0.811. The molecule has 5 nitrogen and oxygen atoms in total. The van der Waals surface area contributed by atoms with Gasteiger partial charge in [-0.1, -0.05) is 19.0 Å². The van der Waals surface area contributed by atoms with Crippen LogP contribution in [0.25, 0.3) is 11.6 Å². The molecule has 1 fully saturated rings. The van der Waals surface area contributed by atoms with Crippen molar-refractivity contribution in [1.29, 1.82) is 5.26 Å². The van der Waals surface area contributed by atoms with E-state index in [0.717, 1.165) is 17.9 Å². The summed E-state index contributed by atoms with van der Waals surface area (Å²) in [6.07, 6.45) is 2.85. The summed E-state index contributed by atoms with van der Waals surface area (Å²) in [5.74, 6) is 1.65. The smallest absolute Gasteiger partial charge is 0.274 e. The van der Waals surface area contributed by atoms with Gasteiger partial charge in [0.15, 0.2) is 5.82 Å². The van der Waals surface area contributed by atoms with E-state index in [2.05, 4.69) is 30.1 Å². The number of hydrogen-bond donors (Lipinski definition) is 0. The Kier molecular flexibility index (Phi) is 2.11. The third-order valence-corrected chi connectivity index (χ3v) is 3.62. The molecule has 1 aliphatic rings. The van der Waals surface area contributed by atoms with E-state index in [1.807, 2.05) is 11.6 Å². The largest absolute Gasteiger partial charge is 0.345 e. The Hall–Kier alpha value is -2.09. The maximum atomic E-state index is 8.86. The molecular formula is C13H14N4O. The summed E-state index contributed by atoms with van der Waals surface area (Å²) in [5.41, 5.74) is 1.66. The molecule has 1 aliphatic carbocycles. The van der Waals surface area contributed by atoms with Gasteiger partial charge in [-0.25, -0.2) is 0 Å². The molecule has 1 atom stereocenters. The van der Waals surface area contributed by atoms with E-state index in [1.54, 1.807) is 12.3 Å². The standard InChI is InChI=1S/C13H14N4O/c1-13(2)5-9(13)11-15-12(18-16-11)10-4-8(6-14)7-17(10)3/h4,7,9H,5H2,1-3H3. The highest BCUT2D eigenvalue weighted by molar-refractivity contribution is 5.52. The van der Waals surface area contributed by atoms with Gasteiger partial charge < -0.3 is 9.09 Å². The second-order valence-corrected chi connectivity index (χ2v) is 5.54. The first-order valence-corrected chi connectivity index (χ1v) is 5.92. The third-order valence-electron chi connectivity index (χ3n) is 3.62. The molecule has 5 heteroatoms. The lowest BCUT2D eigenvalue weighted by Gasteiger charge is -1.96. The topological polar surface area (TPSA) is 67.6 Å². The summed E-state index contributed by atoms with van der Waals surface area (Å²) in [6.45, 7) is 4.40. The van der Waals surface area contributed by atoms with E-state index in [1.165, 1.54) is 0 Å². The molecule has 0 N–H and O–H groups in total. The maximum Gasteiger partial charge on any atom is 0.274 e. The highest BCUT2D eigenvalue weighted by Gasteiger charge is 2.49. The predicted molar refractivity (Wildman–Crippen MR) is 64.6 cm³/mol. The molecule has 0 aromatic carbocycles. The van der Waals surface area contributed by atoms with E-state index in [-0.39, 0.29) is 5.41 Å². The van der Waals surface area contributed by atoms with Gasteiger partial charge in [-0.2, -0.15) is 10.2 Å². The van der Waals surface area contributed by atoms with Crippen molar-refractivity contribution in [2.24, 2.45) is 12.5 Å². The molecule has 18 heavy (non-hydrogen) atoms. The number of aryl methyl sites for hydroxylation is 1. The van der Waals surface area contributed by atoms with E-state index in [9.17, 15) is 0 Å². The van der Waals surface area contributed by atoms with E-state index < -0.39 is 0 Å². The van der Waals surface area contributed by atoms with Crippen molar-refractivity contribution in [1.82, 2.24) is 14.7 Å². The minimum atomic E-state index is 0.285. The van der Waals surface area contributed by atoms with Crippen molar-refractivity contribution >= 4 is 0 Å². The SMILES string of the molecule is Cn1cc(C#N)cc1-c1nc(C2CC2(C)C)no1. The van der Waals surface area contributed by atoms with Gasteiger partial charge >= 0.3 is 0 Å². The van der Waals surface area contributed by atoms with Gasteiger partial charge in [0.1, 0.15) is 11.8 Å². The van der Waals surface area contributed by atoms with E-state index in [4.69, 9.17) is 9.78 Å². The molecule has 0 saturated heterocycles. The number of rotatable bonds is 2. The molecule has 0 aliphatic heterocycles. The highest BCUT2D eigenvalue weighted by atomic mass is 16.5. The fourth-order valence-electron chi connectivity index (χ4n) is 2.23. The number of hydrogen-bond acceptors (Lipinski definition) is 4. The van der Waals surface area contributed by atoms with Crippen LogP contribution in [0.3, 0.4) is 0 Å². The Labute approximate surface area is 105 Å². The zero-order chi connectivity index (χ0) is 12.9. The lowest BCUT2D eigenvalue weighted by molar-refractivity contribution is 0.417. The van der Waals surface area contributed by atoms with Crippen molar-refractivity contribution in [2.45, 2.75) is 26.2 Å². The average molecular weight is 242 g/mol. The van der Waals surface area contributed by atoms with E-state index >= 15 is 0 Å². The van der Waals surface area contributed by atoms with Crippen LogP contribution in [-0.2, 0) is 7.05 Å². The Morgan fingerprint density at radius 1 is 1.56 bits per heavy atom. The Morgan fingerprint density at radius 3 is 2.83 bits per heavy atom. The Morgan fingerprint density at radius 2 is 2.28 bits per heavy atom. The summed E-state index contributed by atoms with van der Waals surface area (Å²) < 4.78 is 7.12. The van der Waals surface area contributed by atoms with Gasteiger partial charge in [0.05, 0.1) is 5.56 Å². The van der Waals surface area contributed by atoms with Crippen LogP contribution >= 0.6 is 0 Å². The van der Waals surface area contributed by atoms with Crippen LogP contribution in [-0.4, -0.2) is 14.7 Å². The van der Waals surface area contributed by atoms with Crippen LogP contribution in [0.1, 0.15) is 37.6 Å². The third kappa shape index (κ3) is 1.61. The maximum absolute atomic E-state index is 8.86. The molecule has 0 spiro atoms. The summed E-state index contributed by atoms with van der Waals surface area (Å²) in [7, 11) is 1.86. The summed E-state index contributed by atoms with van der Waals surface area (Å²) >= 11 is 0. The van der Waals surface area contributed by atoms with Crippen LogP contribution in [0.15, 0.2) is 16.8 Å². The second-order valence-electron chi connectivity index (χ2n) is 5.54. The number of nitriles is 1. The monoisotopic (exact) mass is 242 g/mol. The van der Waals surface area contributed by atoms with Crippen molar-refractivity contribution < 1.29 is 4.52 Å². The number of nitrogens with zero attached hydrogens (tertiary/aromatic N) is 4. The van der Waals surface area contributed by atoms with Crippen LogP contribution in [0.2, 0.25) is 0 Å². The first kappa shape index (κ1) is 11.0. The van der Waals surface area contributed by atoms with Gasteiger partial charge in [0.25, 0.3) is 5.89 Å². The lowest BCUT2D eigenvalue weighted by atomic mass is 10.1. The van der Waals surface area contributed by atoms with E-state index in [0.29, 0.717) is 17.4 Å². The first-order chi connectivity index (χ1) is 8.51. The molecule has 2 aromatic heterocycles. The minimum Gasteiger partial charge on any atom is -0.345 e. The molecule has 92 valence electrons. The summed E-state index contributed by atoms with van der Waals surface area (Å²) in [4.78, 5) is 4.44. The Bertz CT molecular complexity index is 644. The first-order valence-electron chi connectivity index (χ1n) is 5.92. The van der Waals surface area contributed by atoms with Crippen LogP contribution < -0.4 is 0 Å². The summed E-state index contributed by atoms with van der Waals surface area (Å²) in [6, 6.07) is 3.86. The van der Waals surface area contributed by atoms with Crippen LogP contribution in [0, 0.1) is 16.7 Å². The highest BCUT2D eigenvalue weighted by Crippen LogP contribution is 2.57. The zero-order valence-electron chi connectivity index (χ0n) is 10.6. The van der Waals surface area contributed by atoms with Gasteiger partial charge in [-0.05, 0) is 17.9 Å². The Balaban J connectivity index is 1.94. The molecule has 3 rings (SSSR count). The van der Waals surface area contributed by atoms with Crippen LogP contribution in [0.4, 0.5) is 0 Å². The normalized spacial score (nSPS) is 20.7. The molecule has 1 unspecified atom stereocenters. The molecule has 0 bridgehead atoms. The van der Waals surface area contributed by atoms with Gasteiger partial charge in [-0.3, -0.25) is 0 Å². The predicted octanol–water partition coefficient (Wildman–Crippen LogP) is 2.46. The van der Waals surface area contributed by atoms with Gasteiger partial charge in [-0.15, -0.1) is 0 Å². The molecular weight excluding hydrogens is 228 g/mol.